The molecule has 84 valence electrons. The molecule has 4 heteroatoms. The highest BCUT2D eigenvalue weighted by atomic mass is 79.9. The highest BCUT2D eigenvalue weighted by Gasteiger charge is 2.11. The topological polar surface area (TPSA) is 12.0 Å². The second-order valence-corrected chi connectivity index (χ2v) is 5.15. The second-order valence-electron chi connectivity index (χ2n) is 3.52. The van der Waals surface area contributed by atoms with Crippen LogP contribution in [0.5, 0.6) is 0 Å². The maximum atomic E-state index is 13.6. The van der Waals surface area contributed by atoms with Crippen LogP contribution in [0.1, 0.15) is 18.5 Å². The molecule has 1 heterocycles. The monoisotopic (exact) mass is 299 g/mol. The van der Waals surface area contributed by atoms with Crippen LogP contribution in [0.15, 0.2) is 39.5 Å². The van der Waals surface area contributed by atoms with Crippen LogP contribution in [-0.4, -0.2) is 0 Å². The van der Waals surface area contributed by atoms with Gasteiger partial charge in [0.2, 0.25) is 0 Å². The minimum atomic E-state index is -0.239. The lowest BCUT2D eigenvalue weighted by Crippen LogP contribution is -2.07. The summed E-state index contributed by atoms with van der Waals surface area (Å²) < 4.78 is 14.3. The molecule has 0 spiro atoms. The zero-order chi connectivity index (χ0) is 11.5. The number of nitrogens with one attached hydrogen (secondary N) is 1. The van der Waals surface area contributed by atoms with Gasteiger partial charge >= 0.3 is 0 Å². The van der Waals surface area contributed by atoms with Gasteiger partial charge < -0.3 is 5.32 Å². The van der Waals surface area contributed by atoms with E-state index in [1.807, 2.05) is 24.4 Å². The molecule has 1 aromatic heterocycles. The van der Waals surface area contributed by atoms with Crippen LogP contribution in [0, 0.1) is 5.82 Å². The van der Waals surface area contributed by atoms with Crippen LogP contribution >= 0.6 is 27.3 Å². The molecule has 1 atom stereocenters. The van der Waals surface area contributed by atoms with E-state index in [9.17, 15) is 4.39 Å². The van der Waals surface area contributed by atoms with E-state index in [1.54, 1.807) is 17.4 Å². The summed E-state index contributed by atoms with van der Waals surface area (Å²) >= 11 is 4.98. The van der Waals surface area contributed by atoms with E-state index in [0.29, 0.717) is 5.69 Å². The minimum Gasteiger partial charge on any atom is -0.375 e. The fraction of sp³-hybridized carbons (Fsp3) is 0.167. The van der Waals surface area contributed by atoms with E-state index in [4.69, 9.17) is 0 Å². The van der Waals surface area contributed by atoms with Gasteiger partial charge in [-0.25, -0.2) is 4.39 Å². The summed E-state index contributed by atoms with van der Waals surface area (Å²) in [6.07, 6.45) is 0. The van der Waals surface area contributed by atoms with Gasteiger partial charge in [-0.05, 0) is 57.4 Å². The lowest BCUT2D eigenvalue weighted by atomic mass is 10.1. The summed E-state index contributed by atoms with van der Waals surface area (Å²) in [5, 5.41) is 7.25. The maximum absolute atomic E-state index is 13.6. The third-order valence-corrected chi connectivity index (χ3v) is 3.73. The maximum Gasteiger partial charge on any atom is 0.147 e. The minimum absolute atomic E-state index is 0.0967. The normalized spacial score (nSPS) is 12.4. The summed E-state index contributed by atoms with van der Waals surface area (Å²) in [5.74, 6) is -0.239. The molecule has 0 saturated carbocycles. The summed E-state index contributed by atoms with van der Waals surface area (Å²) in [4.78, 5) is 0. The number of hydrogen-bond donors (Lipinski definition) is 1. The molecule has 1 aromatic carbocycles. The van der Waals surface area contributed by atoms with Crippen molar-refractivity contribution < 1.29 is 4.39 Å². The van der Waals surface area contributed by atoms with E-state index in [2.05, 4.69) is 26.6 Å². The first-order valence-electron chi connectivity index (χ1n) is 4.91. The summed E-state index contributed by atoms with van der Waals surface area (Å²) in [6, 6.07) is 7.09. The first kappa shape index (κ1) is 11.6. The largest absolute Gasteiger partial charge is 0.375 e. The number of hydrogen-bond acceptors (Lipinski definition) is 2. The number of benzene rings is 1. The Labute approximate surface area is 106 Å². The molecule has 1 N–H and O–H groups in total. The first-order chi connectivity index (χ1) is 7.68. The van der Waals surface area contributed by atoms with Gasteiger partial charge in [-0.2, -0.15) is 11.3 Å². The van der Waals surface area contributed by atoms with Crippen LogP contribution in [-0.2, 0) is 0 Å². The van der Waals surface area contributed by atoms with Gasteiger partial charge in [0.1, 0.15) is 5.82 Å². The van der Waals surface area contributed by atoms with Crippen LogP contribution in [0.25, 0.3) is 0 Å². The first-order valence-corrected chi connectivity index (χ1v) is 6.64. The van der Waals surface area contributed by atoms with E-state index in [-0.39, 0.29) is 11.9 Å². The van der Waals surface area contributed by atoms with Crippen molar-refractivity contribution in [2.45, 2.75) is 13.0 Å². The third-order valence-electron chi connectivity index (χ3n) is 2.37. The zero-order valence-corrected chi connectivity index (χ0v) is 11.1. The van der Waals surface area contributed by atoms with E-state index < -0.39 is 0 Å². The Kier molecular flexibility index (Phi) is 3.61. The van der Waals surface area contributed by atoms with Crippen LogP contribution in [0.2, 0.25) is 0 Å². The van der Waals surface area contributed by atoms with Crippen LogP contribution in [0.4, 0.5) is 10.1 Å². The summed E-state index contributed by atoms with van der Waals surface area (Å²) in [7, 11) is 0. The van der Waals surface area contributed by atoms with Crippen molar-refractivity contribution in [3.63, 3.8) is 0 Å². The van der Waals surface area contributed by atoms with Gasteiger partial charge in [0.25, 0.3) is 0 Å². The number of anilines is 1. The van der Waals surface area contributed by atoms with Crippen molar-refractivity contribution in [2.24, 2.45) is 0 Å². The van der Waals surface area contributed by atoms with Crippen molar-refractivity contribution in [3.8, 4) is 0 Å². The quantitative estimate of drug-likeness (QED) is 0.856. The fourth-order valence-corrected chi connectivity index (χ4v) is 2.67. The molecule has 0 saturated heterocycles. The Balaban J connectivity index is 2.21. The van der Waals surface area contributed by atoms with Gasteiger partial charge in [0.15, 0.2) is 0 Å². The predicted octanol–water partition coefficient (Wildman–Crippen LogP) is 4.82. The molecular formula is C12H11BrFNS. The molecule has 0 fully saturated rings. The second kappa shape index (κ2) is 4.97. The Bertz CT molecular complexity index is 450. The van der Waals surface area contributed by atoms with Gasteiger partial charge in [-0.3, -0.25) is 0 Å². The Morgan fingerprint density at radius 3 is 2.81 bits per heavy atom. The molecular weight excluding hydrogens is 289 g/mol. The Hall–Kier alpha value is -0.870. The van der Waals surface area contributed by atoms with Crippen molar-refractivity contribution in [1.82, 2.24) is 0 Å². The molecule has 0 aliphatic rings. The van der Waals surface area contributed by atoms with E-state index >= 15 is 0 Å². The standard InChI is InChI=1S/C12H11BrFNS/c1-8(9-5-6-16-7-9)15-12-10(13)3-2-4-11(12)14/h2-8,15H,1H3. The van der Waals surface area contributed by atoms with Gasteiger partial charge in [-0.1, -0.05) is 6.07 Å². The Morgan fingerprint density at radius 2 is 2.19 bits per heavy atom. The predicted molar refractivity (Wildman–Crippen MR) is 70.5 cm³/mol. The molecule has 0 bridgehead atoms. The van der Waals surface area contributed by atoms with Crippen molar-refractivity contribution in [1.29, 1.82) is 0 Å². The van der Waals surface area contributed by atoms with Gasteiger partial charge in [0.05, 0.1) is 5.69 Å². The molecule has 0 amide bonds. The average Bonchev–Trinajstić information content (AvgIpc) is 2.76. The summed E-state index contributed by atoms with van der Waals surface area (Å²) in [6.45, 7) is 2.01. The van der Waals surface area contributed by atoms with Crippen molar-refractivity contribution in [3.05, 3.63) is 50.9 Å². The Morgan fingerprint density at radius 1 is 1.38 bits per heavy atom. The van der Waals surface area contributed by atoms with E-state index in [0.717, 1.165) is 4.47 Å². The molecule has 0 radical (unpaired) electrons. The van der Waals surface area contributed by atoms with Gasteiger partial charge in [0, 0.05) is 10.5 Å². The SMILES string of the molecule is CC(Nc1c(F)cccc1Br)c1ccsc1. The fourth-order valence-electron chi connectivity index (χ4n) is 1.46. The lowest BCUT2D eigenvalue weighted by Gasteiger charge is -2.16. The third kappa shape index (κ3) is 2.44. The number of thiophene rings is 1. The molecule has 0 aliphatic heterocycles. The van der Waals surface area contributed by atoms with Crippen molar-refractivity contribution in [2.75, 3.05) is 5.32 Å². The lowest BCUT2D eigenvalue weighted by molar-refractivity contribution is 0.626. The van der Waals surface area contributed by atoms with Crippen LogP contribution in [0.3, 0.4) is 0 Å². The van der Waals surface area contributed by atoms with Crippen LogP contribution < -0.4 is 5.32 Å². The smallest absolute Gasteiger partial charge is 0.147 e. The molecule has 1 unspecified atom stereocenters. The highest BCUT2D eigenvalue weighted by molar-refractivity contribution is 9.10. The molecule has 16 heavy (non-hydrogen) atoms. The molecule has 1 nitrogen and oxygen atoms in total. The number of rotatable bonds is 3. The zero-order valence-electron chi connectivity index (χ0n) is 8.71. The van der Waals surface area contributed by atoms with E-state index in [1.165, 1.54) is 11.6 Å². The highest BCUT2D eigenvalue weighted by Crippen LogP contribution is 2.29. The summed E-state index contributed by atoms with van der Waals surface area (Å²) in [5.41, 5.74) is 1.68. The molecule has 2 rings (SSSR count). The van der Waals surface area contributed by atoms with Gasteiger partial charge in [-0.15, -0.1) is 0 Å². The number of halogens is 2. The van der Waals surface area contributed by atoms with Crippen molar-refractivity contribution >= 4 is 33.0 Å². The molecule has 0 aliphatic carbocycles. The molecule has 2 aromatic rings. The average molecular weight is 300 g/mol. The number of para-hydroxylation sites is 1.